The number of carbonyl (C=O) groups is 1. The number of esters is 1. The van der Waals surface area contributed by atoms with Crippen LogP contribution < -0.4 is 0 Å². The fourth-order valence-electron chi connectivity index (χ4n) is 1.80. The number of benzene rings is 2. The molecule has 0 unspecified atom stereocenters. The summed E-state index contributed by atoms with van der Waals surface area (Å²) in [6.45, 7) is 6.99. The van der Waals surface area contributed by atoms with Crippen molar-refractivity contribution in [3.63, 3.8) is 0 Å². The van der Waals surface area contributed by atoms with E-state index in [0.717, 1.165) is 12.8 Å². The van der Waals surface area contributed by atoms with Gasteiger partial charge in [-0.15, -0.1) is 0 Å². The number of unbranched alkanes of at least 4 members (excludes halogenated alkanes) is 1. The standard InChI is InChI=1S/C11H14O2.C9H12/c1-2-3-9-13-11(12)10-7-5-4-6-8-10;1-8(2)9-6-4-3-5-7-9/h4-8H,2-3,9H2,1H3;3-8H,1-2H3. The zero-order chi connectivity index (χ0) is 16.2. The molecule has 0 radical (unpaired) electrons. The van der Waals surface area contributed by atoms with E-state index >= 15 is 0 Å². The molecule has 22 heavy (non-hydrogen) atoms. The van der Waals surface area contributed by atoms with Crippen LogP contribution >= 0.6 is 0 Å². The van der Waals surface area contributed by atoms with Crippen LogP contribution in [0.15, 0.2) is 60.7 Å². The molecular weight excluding hydrogens is 272 g/mol. The quantitative estimate of drug-likeness (QED) is 0.541. The molecule has 2 aromatic carbocycles. The van der Waals surface area contributed by atoms with Crippen molar-refractivity contribution >= 4 is 5.97 Å². The van der Waals surface area contributed by atoms with Crippen LogP contribution in [0.5, 0.6) is 0 Å². The summed E-state index contributed by atoms with van der Waals surface area (Å²) in [5.74, 6) is 0.431. The van der Waals surface area contributed by atoms with Crippen LogP contribution in [0.4, 0.5) is 0 Å². The largest absolute Gasteiger partial charge is 0.462 e. The first-order chi connectivity index (χ1) is 10.6. The van der Waals surface area contributed by atoms with Gasteiger partial charge in [-0.25, -0.2) is 4.79 Å². The van der Waals surface area contributed by atoms with E-state index in [-0.39, 0.29) is 5.97 Å². The van der Waals surface area contributed by atoms with Gasteiger partial charge in [-0.3, -0.25) is 0 Å². The Labute approximate surface area is 134 Å². The molecular formula is C20H26O2. The van der Waals surface area contributed by atoms with Gasteiger partial charge in [0.2, 0.25) is 0 Å². The minimum atomic E-state index is -0.228. The Morgan fingerprint density at radius 1 is 0.955 bits per heavy atom. The molecule has 0 heterocycles. The third-order valence-electron chi connectivity index (χ3n) is 3.21. The molecule has 0 aliphatic carbocycles. The van der Waals surface area contributed by atoms with E-state index in [9.17, 15) is 4.79 Å². The molecule has 0 saturated heterocycles. The highest BCUT2D eigenvalue weighted by Crippen LogP contribution is 2.11. The van der Waals surface area contributed by atoms with Gasteiger partial charge >= 0.3 is 5.97 Å². The SMILES string of the molecule is CC(C)c1ccccc1.CCCCOC(=O)c1ccccc1. The lowest BCUT2D eigenvalue weighted by molar-refractivity contribution is 0.0500. The van der Waals surface area contributed by atoms with Crippen molar-refractivity contribution in [2.24, 2.45) is 0 Å². The summed E-state index contributed by atoms with van der Waals surface area (Å²) in [5.41, 5.74) is 2.04. The van der Waals surface area contributed by atoms with E-state index in [2.05, 4.69) is 45.0 Å². The molecule has 0 spiro atoms. The molecule has 0 bridgehead atoms. The predicted molar refractivity (Wildman–Crippen MR) is 92.2 cm³/mol. The van der Waals surface area contributed by atoms with E-state index in [1.165, 1.54) is 5.56 Å². The summed E-state index contributed by atoms with van der Waals surface area (Å²) in [7, 11) is 0. The van der Waals surface area contributed by atoms with Gasteiger partial charge < -0.3 is 4.74 Å². The zero-order valence-electron chi connectivity index (χ0n) is 13.8. The lowest BCUT2D eigenvalue weighted by Gasteiger charge is -2.02. The van der Waals surface area contributed by atoms with Crippen LogP contribution in [0, 0.1) is 0 Å². The van der Waals surface area contributed by atoms with Gasteiger partial charge in [-0.1, -0.05) is 75.7 Å². The molecule has 0 aliphatic rings. The Bertz CT molecular complexity index is 518. The summed E-state index contributed by atoms with van der Waals surface area (Å²) >= 11 is 0. The Kier molecular flexibility index (Phi) is 8.66. The van der Waals surface area contributed by atoms with E-state index in [1.807, 2.05) is 24.3 Å². The fraction of sp³-hybridized carbons (Fsp3) is 0.350. The minimum Gasteiger partial charge on any atom is -0.462 e. The van der Waals surface area contributed by atoms with Crippen LogP contribution in [-0.2, 0) is 4.74 Å². The van der Waals surface area contributed by atoms with Crippen molar-refractivity contribution < 1.29 is 9.53 Å². The van der Waals surface area contributed by atoms with Gasteiger partial charge in [0.05, 0.1) is 12.2 Å². The topological polar surface area (TPSA) is 26.3 Å². The average Bonchev–Trinajstić information content (AvgIpc) is 2.57. The molecule has 118 valence electrons. The van der Waals surface area contributed by atoms with Crippen molar-refractivity contribution in [3.8, 4) is 0 Å². The van der Waals surface area contributed by atoms with Gasteiger partial charge in [0, 0.05) is 0 Å². The lowest BCUT2D eigenvalue weighted by Crippen LogP contribution is -2.05. The monoisotopic (exact) mass is 298 g/mol. The Morgan fingerprint density at radius 2 is 1.50 bits per heavy atom. The van der Waals surface area contributed by atoms with Crippen LogP contribution in [0.1, 0.15) is 55.5 Å². The van der Waals surface area contributed by atoms with Crippen molar-refractivity contribution in [2.75, 3.05) is 6.61 Å². The highest BCUT2D eigenvalue weighted by atomic mass is 16.5. The first-order valence-corrected chi connectivity index (χ1v) is 7.92. The van der Waals surface area contributed by atoms with Crippen molar-refractivity contribution in [2.45, 2.75) is 39.5 Å². The molecule has 0 saturated carbocycles. The maximum absolute atomic E-state index is 11.3. The summed E-state index contributed by atoms with van der Waals surface area (Å²) in [4.78, 5) is 11.3. The molecule has 0 amide bonds. The molecule has 2 rings (SSSR count). The second kappa shape index (κ2) is 10.6. The van der Waals surface area contributed by atoms with Gasteiger partial charge in [-0.05, 0) is 30.0 Å². The number of ether oxygens (including phenoxy) is 1. The molecule has 0 aromatic heterocycles. The molecule has 0 N–H and O–H groups in total. The number of hydrogen-bond acceptors (Lipinski definition) is 2. The maximum Gasteiger partial charge on any atom is 0.338 e. The normalized spacial score (nSPS) is 9.82. The number of rotatable bonds is 5. The highest BCUT2D eigenvalue weighted by Gasteiger charge is 2.03. The Hall–Kier alpha value is -2.09. The smallest absolute Gasteiger partial charge is 0.338 e. The summed E-state index contributed by atoms with van der Waals surface area (Å²) in [6.07, 6.45) is 1.97. The number of carbonyl (C=O) groups excluding carboxylic acids is 1. The third kappa shape index (κ3) is 7.07. The van der Waals surface area contributed by atoms with Gasteiger partial charge in [0.1, 0.15) is 0 Å². The van der Waals surface area contributed by atoms with Crippen LogP contribution in [0.25, 0.3) is 0 Å². The van der Waals surface area contributed by atoms with E-state index in [1.54, 1.807) is 12.1 Å². The predicted octanol–water partition coefficient (Wildman–Crippen LogP) is 5.45. The highest BCUT2D eigenvalue weighted by molar-refractivity contribution is 5.89. The maximum atomic E-state index is 11.3. The van der Waals surface area contributed by atoms with Crippen LogP contribution in [0.2, 0.25) is 0 Å². The lowest BCUT2D eigenvalue weighted by atomic mass is 10.0. The van der Waals surface area contributed by atoms with Gasteiger partial charge in [0.15, 0.2) is 0 Å². The first kappa shape index (κ1) is 18.0. The minimum absolute atomic E-state index is 0.228. The first-order valence-electron chi connectivity index (χ1n) is 7.92. The molecule has 0 atom stereocenters. The van der Waals surface area contributed by atoms with Crippen LogP contribution in [-0.4, -0.2) is 12.6 Å². The van der Waals surface area contributed by atoms with E-state index in [4.69, 9.17) is 4.74 Å². The second-order valence-electron chi connectivity index (χ2n) is 5.42. The van der Waals surface area contributed by atoms with Crippen molar-refractivity contribution in [1.82, 2.24) is 0 Å². The zero-order valence-corrected chi connectivity index (χ0v) is 13.8. The van der Waals surface area contributed by atoms with Crippen LogP contribution in [0.3, 0.4) is 0 Å². The van der Waals surface area contributed by atoms with Crippen molar-refractivity contribution in [3.05, 3.63) is 71.8 Å². The third-order valence-corrected chi connectivity index (χ3v) is 3.21. The fourth-order valence-corrected chi connectivity index (χ4v) is 1.80. The van der Waals surface area contributed by atoms with Gasteiger partial charge in [-0.2, -0.15) is 0 Å². The molecule has 0 fully saturated rings. The molecule has 0 aliphatic heterocycles. The average molecular weight is 298 g/mol. The summed E-state index contributed by atoms with van der Waals surface area (Å²) < 4.78 is 5.03. The molecule has 2 heteroatoms. The Balaban J connectivity index is 0.000000235. The van der Waals surface area contributed by atoms with Crippen molar-refractivity contribution in [1.29, 1.82) is 0 Å². The summed E-state index contributed by atoms with van der Waals surface area (Å²) in [5, 5.41) is 0. The Morgan fingerprint density at radius 3 is 1.95 bits per heavy atom. The van der Waals surface area contributed by atoms with E-state index in [0.29, 0.717) is 18.1 Å². The summed E-state index contributed by atoms with van der Waals surface area (Å²) in [6, 6.07) is 19.6. The van der Waals surface area contributed by atoms with Gasteiger partial charge in [0.25, 0.3) is 0 Å². The molecule has 2 nitrogen and oxygen atoms in total. The molecule has 2 aromatic rings. The number of hydrogen-bond donors (Lipinski definition) is 0. The van der Waals surface area contributed by atoms with E-state index < -0.39 is 0 Å². The second-order valence-corrected chi connectivity index (χ2v) is 5.42.